The molecule has 0 amide bonds. The van der Waals surface area contributed by atoms with E-state index in [0.29, 0.717) is 0 Å². The molecule has 19 aromatic carbocycles. The standard InChI is InChI=1S/C60H36S2.C36H38B2O4.C18H11BrS.CH4/c1-2-14-45-44(13-1)41(37-27-29-38(30-28-37)42-21-11-23-53-46-15-7-9-25-55(46)61-59(42)53)35-36-52(45)58-50-19-5-3-17-48(50)57(49-18-4-6-20-51(49)58)40-33-31-39(32-34-40)43-22-12-24-54-47-16-8-10-26-56(47)62-60(43)54;1-33(2)34(3,4)40-37(39-33)30-22-21-27(23-15-9-10-16-24(23)30)31-25-17-11-13-19-28(25)32(29-20-14-12-18-26(29)31)38-41-35(5,6)36(7,8)42-38;19-13-10-8-12(9-11-13)14-5-3-6-16-15-4-1-2-7-17(15)20-18(14)16;/h1-36H;9-22H,1-8H3;1-11H;1H4. The first-order chi connectivity index (χ1) is 60.4. The number of hydrogen-bond donors (Lipinski definition) is 0. The summed E-state index contributed by atoms with van der Waals surface area (Å²) in [6, 6.07) is 135. The van der Waals surface area contributed by atoms with Crippen LogP contribution in [0.25, 0.3) is 203 Å². The minimum Gasteiger partial charge on any atom is -0.399 e. The third kappa shape index (κ3) is 13.6. The van der Waals surface area contributed by atoms with Gasteiger partial charge in [-0.3, -0.25) is 0 Å². The second kappa shape index (κ2) is 31.5. The highest BCUT2D eigenvalue weighted by Gasteiger charge is 2.54. The van der Waals surface area contributed by atoms with Crippen LogP contribution in [0.3, 0.4) is 0 Å². The van der Waals surface area contributed by atoms with E-state index < -0.39 is 36.6 Å². The normalized spacial score (nSPS) is 14.6. The van der Waals surface area contributed by atoms with Gasteiger partial charge in [0.25, 0.3) is 0 Å². The molecule has 3 aromatic heterocycles. The van der Waals surface area contributed by atoms with E-state index in [4.69, 9.17) is 18.6 Å². The van der Waals surface area contributed by atoms with Crippen LogP contribution in [0.1, 0.15) is 62.8 Å². The average Bonchev–Trinajstić information content (AvgIpc) is 1.63. The van der Waals surface area contributed by atoms with Gasteiger partial charge in [0, 0.05) is 65.0 Å². The molecule has 0 bridgehead atoms. The molecule has 0 saturated carbocycles. The van der Waals surface area contributed by atoms with E-state index in [-0.39, 0.29) is 7.43 Å². The molecule has 2 aliphatic rings. The summed E-state index contributed by atoms with van der Waals surface area (Å²) in [6.07, 6.45) is 0. The topological polar surface area (TPSA) is 36.9 Å². The first-order valence-corrected chi connectivity index (χ1v) is 46.0. The molecule has 604 valence electrons. The van der Waals surface area contributed by atoms with E-state index in [1.165, 1.54) is 187 Å². The molecule has 0 unspecified atom stereocenters. The molecule has 0 radical (unpaired) electrons. The lowest BCUT2D eigenvalue weighted by molar-refractivity contribution is 0.00578. The summed E-state index contributed by atoms with van der Waals surface area (Å²) in [4.78, 5) is 0. The maximum Gasteiger partial charge on any atom is 0.496 e. The van der Waals surface area contributed by atoms with E-state index in [1.807, 2.05) is 34.0 Å². The Bertz CT molecular complexity index is 7890. The van der Waals surface area contributed by atoms with Gasteiger partial charge in [0.05, 0.1) is 22.4 Å². The Balaban J connectivity index is 0.000000130. The number of halogens is 1. The summed E-state index contributed by atoms with van der Waals surface area (Å²) in [5, 5.41) is 22.5. The first-order valence-electron chi connectivity index (χ1n) is 42.7. The van der Waals surface area contributed by atoms with Gasteiger partial charge < -0.3 is 18.6 Å². The van der Waals surface area contributed by atoms with Gasteiger partial charge in [-0.05, 0) is 239 Å². The van der Waals surface area contributed by atoms with Crippen LogP contribution in [-0.2, 0) is 18.6 Å². The van der Waals surface area contributed by atoms with Crippen LogP contribution in [0.2, 0.25) is 0 Å². The summed E-state index contributed by atoms with van der Waals surface area (Å²) >= 11 is 9.15. The zero-order valence-corrected chi connectivity index (χ0v) is 74.1. The minimum atomic E-state index is -0.471. The Labute approximate surface area is 750 Å². The van der Waals surface area contributed by atoms with Crippen molar-refractivity contribution < 1.29 is 18.6 Å². The number of thiophene rings is 3. The molecule has 2 aliphatic heterocycles. The SMILES string of the molecule is Brc1ccc(-c2cccc3c2sc2ccccc23)cc1.C.CC1(C)OB(c2ccc(-c3c4ccccc4c(B4OC(C)(C)C(C)(C)O4)c4ccccc34)c3ccccc23)OC1(C)C.c1ccc2c(c1)sc1c(-c3ccc(-c4ccc(-c5c6ccccc6c(-c6ccc(-c7cccc8c7sc7ccccc78)cc6)c6ccccc56)c5ccccc45)cc3)cccc12. The van der Waals surface area contributed by atoms with Crippen molar-refractivity contribution in [1.82, 2.24) is 0 Å². The maximum absolute atomic E-state index is 6.64. The highest BCUT2D eigenvalue weighted by Crippen LogP contribution is 2.51. The predicted molar refractivity (Wildman–Crippen MR) is 547 cm³/mol. The summed E-state index contributed by atoms with van der Waals surface area (Å²) in [5.41, 5.74) is 18.0. The van der Waals surface area contributed by atoms with Crippen molar-refractivity contribution in [2.75, 3.05) is 0 Å². The molecule has 0 aliphatic carbocycles. The van der Waals surface area contributed by atoms with Crippen molar-refractivity contribution in [3.05, 3.63) is 375 Å². The lowest BCUT2D eigenvalue weighted by atomic mass is 9.70. The number of rotatable bonds is 9. The summed E-state index contributed by atoms with van der Waals surface area (Å²) < 4.78 is 35.5. The smallest absolute Gasteiger partial charge is 0.399 e. The monoisotopic (exact) mass is 1730 g/mol. The zero-order chi connectivity index (χ0) is 83.9. The Kier molecular flexibility index (Phi) is 20.2. The van der Waals surface area contributed by atoms with Gasteiger partial charge in [0.15, 0.2) is 0 Å². The van der Waals surface area contributed by atoms with Crippen LogP contribution in [0.5, 0.6) is 0 Å². The molecule has 0 atom stereocenters. The van der Waals surface area contributed by atoms with E-state index in [2.05, 4.69) is 441 Å². The molecule has 2 saturated heterocycles. The molecule has 0 spiro atoms. The van der Waals surface area contributed by atoms with E-state index >= 15 is 0 Å². The van der Waals surface area contributed by atoms with Crippen LogP contribution >= 0.6 is 49.9 Å². The molecule has 24 rings (SSSR count). The van der Waals surface area contributed by atoms with Gasteiger partial charge in [0.1, 0.15) is 0 Å². The minimum absolute atomic E-state index is 0. The Morgan fingerprint density at radius 2 is 0.464 bits per heavy atom. The molecule has 10 heteroatoms. The fraction of sp³-hybridized carbons (Fsp3) is 0.113. The fourth-order valence-corrected chi connectivity index (χ4v) is 23.1. The lowest BCUT2D eigenvalue weighted by Gasteiger charge is -2.32. The molecule has 5 heterocycles. The summed E-state index contributed by atoms with van der Waals surface area (Å²) in [5.74, 6) is 0. The second-order valence-electron chi connectivity index (χ2n) is 34.9. The van der Waals surface area contributed by atoms with Crippen molar-refractivity contribution in [3.8, 4) is 77.9 Å². The quantitative estimate of drug-likeness (QED) is 0.107. The predicted octanol–water partition coefficient (Wildman–Crippen LogP) is 32.7. The van der Waals surface area contributed by atoms with Gasteiger partial charge in [-0.25, -0.2) is 0 Å². The van der Waals surface area contributed by atoms with Crippen molar-refractivity contribution in [3.63, 3.8) is 0 Å². The number of hydrogen-bond acceptors (Lipinski definition) is 7. The molecule has 4 nitrogen and oxygen atoms in total. The molecule has 22 aromatic rings. The largest absolute Gasteiger partial charge is 0.496 e. The fourth-order valence-electron chi connectivity index (χ4n) is 19.1. The third-order valence-electron chi connectivity index (χ3n) is 26.7. The van der Waals surface area contributed by atoms with Crippen LogP contribution in [0.15, 0.2) is 375 Å². The zero-order valence-electron chi connectivity index (χ0n) is 70.1. The third-order valence-corrected chi connectivity index (χ3v) is 30.9. The second-order valence-corrected chi connectivity index (χ2v) is 38.9. The lowest BCUT2D eigenvalue weighted by Crippen LogP contribution is -2.41. The molecule has 125 heavy (non-hydrogen) atoms. The molecular formula is C115H89B2BrO4S3. The van der Waals surface area contributed by atoms with E-state index in [0.717, 1.165) is 31.6 Å². The van der Waals surface area contributed by atoms with E-state index in [1.54, 1.807) is 0 Å². The molecule has 2 fully saturated rings. The Morgan fingerprint density at radius 1 is 0.208 bits per heavy atom. The van der Waals surface area contributed by atoms with Gasteiger partial charge in [-0.2, -0.15) is 0 Å². The Hall–Kier alpha value is -12.2. The number of benzene rings is 19. The van der Waals surface area contributed by atoms with Gasteiger partial charge in [-0.15, -0.1) is 34.0 Å². The Morgan fingerprint density at radius 3 is 0.848 bits per heavy atom. The number of fused-ring (bicyclic) bond motifs is 15. The highest BCUT2D eigenvalue weighted by atomic mass is 79.9. The summed E-state index contributed by atoms with van der Waals surface area (Å²) in [7, 11) is -0.908. The summed E-state index contributed by atoms with van der Waals surface area (Å²) in [6.45, 7) is 16.8. The van der Waals surface area contributed by atoms with Crippen molar-refractivity contribution in [2.24, 2.45) is 0 Å². The van der Waals surface area contributed by atoms with Crippen molar-refractivity contribution in [1.29, 1.82) is 0 Å². The van der Waals surface area contributed by atoms with Gasteiger partial charge in [0.2, 0.25) is 0 Å². The van der Waals surface area contributed by atoms with Crippen LogP contribution < -0.4 is 10.9 Å². The van der Waals surface area contributed by atoms with Crippen LogP contribution in [0, 0.1) is 0 Å². The molecule has 0 N–H and O–H groups in total. The van der Waals surface area contributed by atoms with E-state index in [9.17, 15) is 0 Å². The van der Waals surface area contributed by atoms with Crippen molar-refractivity contribution >= 4 is 200 Å². The van der Waals surface area contributed by atoms with Crippen LogP contribution in [-0.4, -0.2) is 36.6 Å². The first kappa shape index (κ1) is 80.0. The van der Waals surface area contributed by atoms with Crippen LogP contribution in [0.4, 0.5) is 0 Å². The highest BCUT2D eigenvalue weighted by molar-refractivity contribution is 9.10. The van der Waals surface area contributed by atoms with Crippen molar-refractivity contribution in [2.45, 2.75) is 85.2 Å². The van der Waals surface area contributed by atoms with Gasteiger partial charge in [-0.1, -0.05) is 363 Å². The maximum atomic E-state index is 6.64. The average molecular weight is 1730 g/mol. The molecular weight excluding hydrogens is 1640 g/mol. The van der Waals surface area contributed by atoms with Gasteiger partial charge >= 0.3 is 14.2 Å².